The number of aliphatic hydroxyl groups is 1. The second-order valence-electron chi connectivity index (χ2n) is 27.4. The number of aliphatic hydroxyl groups excluding tert-OH is 1. The molecule has 5 atom stereocenters. The van der Waals surface area contributed by atoms with Crippen molar-refractivity contribution < 1.29 is 80.2 Å². The second-order valence-corrected chi connectivity index (χ2v) is 30.3. The van der Waals surface area contributed by atoms with Gasteiger partial charge in [-0.15, -0.1) is 0 Å². The van der Waals surface area contributed by atoms with Crippen LogP contribution in [0.5, 0.6) is 0 Å². The lowest BCUT2D eigenvalue weighted by molar-refractivity contribution is -0.161. The van der Waals surface area contributed by atoms with Crippen LogP contribution in [0.25, 0.3) is 0 Å². The zero-order valence-corrected chi connectivity index (χ0v) is 61.1. The molecule has 0 amide bonds. The first-order chi connectivity index (χ1) is 43.7. The molecular formula is C72H140O17P2. The van der Waals surface area contributed by atoms with Crippen LogP contribution in [0.2, 0.25) is 0 Å². The Balaban J connectivity index is 5.16. The first-order valence-electron chi connectivity index (χ1n) is 37.3. The molecule has 0 aliphatic carbocycles. The molecule has 17 nitrogen and oxygen atoms in total. The Labute approximate surface area is 556 Å². The molecular weight excluding hydrogens is 1200 g/mol. The maximum Gasteiger partial charge on any atom is 0.472 e. The van der Waals surface area contributed by atoms with Crippen molar-refractivity contribution >= 4 is 39.5 Å². The number of phosphoric ester groups is 2. The van der Waals surface area contributed by atoms with Crippen molar-refractivity contribution in [1.29, 1.82) is 0 Å². The van der Waals surface area contributed by atoms with Crippen molar-refractivity contribution in [2.24, 2.45) is 17.8 Å². The Bertz CT molecular complexity index is 1780. The molecule has 2 unspecified atom stereocenters. The number of hydrogen-bond donors (Lipinski definition) is 3. The zero-order chi connectivity index (χ0) is 67.3. The van der Waals surface area contributed by atoms with Crippen LogP contribution in [0.4, 0.5) is 0 Å². The standard InChI is InChI=1S/C72H140O17P2/c1-8-9-10-11-12-32-39-46-53-69(74)82-59-68(89-72(77)56-49-42-35-28-31-38-45-52-65(6)7)62-87-91(80,81)85-58-66(73)57-84-90(78,79)86-61-67(60-83-70(75)54-47-40-33-27-23-25-30-37-44-51-64(4)5)88-71(76)55-48-41-34-26-22-20-18-16-14-13-15-17-19-21-24-29-36-43-50-63(2)3/h63-68,73H,8-62H2,1-7H3,(H,78,79)(H,80,81)/t66-,67-,68-/m1/s1. The summed E-state index contributed by atoms with van der Waals surface area (Å²) in [6, 6.07) is 0. The highest BCUT2D eigenvalue weighted by molar-refractivity contribution is 7.47. The number of ether oxygens (including phenoxy) is 4. The number of esters is 4. The lowest BCUT2D eigenvalue weighted by atomic mass is 10.0. The lowest BCUT2D eigenvalue weighted by Crippen LogP contribution is -2.30. The summed E-state index contributed by atoms with van der Waals surface area (Å²) < 4.78 is 68.2. The number of rotatable bonds is 70. The first-order valence-corrected chi connectivity index (χ1v) is 40.3. The predicted octanol–water partition coefficient (Wildman–Crippen LogP) is 20.6. The van der Waals surface area contributed by atoms with Crippen molar-refractivity contribution in [3.63, 3.8) is 0 Å². The molecule has 0 bridgehead atoms. The average Bonchev–Trinajstić information content (AvgIpc) is 2.82. The molecule has 0 rings (SSSR count). The monoisotopic (exact) mass is 1340 g/mol. The molecule has 0 aromatic heterocycles. The topological polar surface area (TPSA) is 237 Å². The number of phosphoric acid groups is 2. The van der Waals surface area contributed by atoms with E-state index in [-0.39, 0.29) is 25.7 Å². The SMILES string of the molecule is CCCCCCCCCCC(=O)OC[C@H](COP(=O)(O)OC[C@H](O)COP(=O)(O)OC[C@@H](COC(=O)CCCCCCCCCCCC(C)C)OC(=O)CCCCCCCCCCCCCCCCCCCCC(C)C)OC(=O)CCCCCCCCCC(C)C. The quantitative estimate of drug-likeness (QED) is 0.0222. The van der Waals surface area contributed by atoms with Crippen LogP contribution in [0, 0.1) is 17.8 Å². The van der Waals surface area contributed by atoms with Gasteiger partial charge in [0, 0.05) is 25.7 Å². The summed E-state index contributed by atoms with van der Waals surface area (Å²) in [4.78, 5) is 72.5. The summed E-state index contributed by atoms with van der Waals surface area (Å²) in [5.41, 5.74) is 0. The van der Waals surface area contributed by atoms with Gasteiger partial charge in [-0.2, -0.15) is 0 Å². The van der Waals surface area contributed by atoms with Gasteiger partial charge < -0.3 is 33.8 Å². The number of unbranched alkanes of at least 4 members (excludes halogenated alkanes) is 38. The van der Waals surface area contributed by atoms with Crippen molar-refractivity contribution in [3.8, 4) is 0 Å². The predicted molar refractivity (Wildman–Crippen MR) is 368 cm³/mol. The van der Waals surface area contributed by atoms with Crippen LogP contribution in [-0.4, -0.2) is 96.7 Å². The molecule has 0 aromatic carbocycles. The largest absolute Gasteiger partial charge is 0.472 e. The van der Waals surface area contributed by atoms with Gasteiger partial charge in [0.15, 0.2) is 12.2 Å². The van der Waals surface area contributed by atoms with Crippen LogP contribution in [-0.2, 0) is 65.4 Å². The van der Waals surface area contributed by atoms with E-state index in [9.17, 15) is 43.2 Å². The molecule has 0 saturated heterocycles. The summed E-state index contributed by atoms with van der Waals surface area (Å²) in [5, 5.41) is 10.6. The van der Waals surface area contributed by atoms with E-state index in [1.807, 2.05) is 0 Å². The van der Waals surface area contributed by atoms with E-state index in [4.69, 9.17) is 37.0 Å². The molecule has 3 N–H and O–H groups in total. The maximum absolute atomic E-state index is 13.0. The molecule has 0 aliphatic rings. The molecule has 0 heterocycles. The number of hydrogen-bond acceptors (Lipinski definition) is 15. The Kier molecular flexibility index (Phi) is 61.5. The van der Waals surface area contributed by atoms with E-state index in [2.05, 4.69) is 48.5 Å². The summed E-state index contributed by atoms with van der Waals surface area (Å²) in [6.45, 7) is 11.8. The highest BCUT2D eigenvalue weighted by atomic mass is 31.2. The minimum absolute atomic E-state index is 0.103. The van der Waals surface area contributed by atoms with Crippen LogP contribution in [0.1, 0.15) is 363 Å². The van der Waals surface area contributed by atoms with Crippen molar-refractivity contribution in [3.05, 3.63) is 0 Å². The molecule has 91 heavy (non-hydrogen) atoms. The van der Waals surface area contributed by atoms with Crippen molar-refractivity contribution in [2.75, 3.05) is 39.6 Å². The van der Waals surface area contributed by atoms with E-state index in [1.165, 1.54) is 167 Å². The van der Waals surface area contributed by atoms with Gasteiger partial charge in [-0.1, -0.05) is 312 Å². The molecule has 0 aliphatic heterocycles. The van der Waals surface area contributed by atoms with Gasteiger partial charge in [0.2, 0.25) is 0 Å². The number of carbonyl (C=O) groups excluding carboxylic acids is 4. The summed E-state index contributed by atoms with van der Waals surface area (Å²) in [5.74, 6) is 0.131. The zero-order valence-electron chi connectivity index (χ0n) is 59.3. The third kappa shape index (κ3) is 66.5. The van der Waals surface area contributed by atoms with Crippen molar-refractivity contribution in [2.45, 2.75) is 381 Å². The maximum atomic E-state index is 13.0. The fraction of sp³-hybridized carbons (Fsp3) is 0.944. The Hall–Kier alpha value is -1.94. The Morgan fingerprint density at radius 1 is 0.297 bits per heavy atom. The van der Waals surface area contributed by atoms with Gasteiger partial charge in [-0.25, -0.2) is 9.13 Å². The molecule has 0 fully saturated rings. The van der Waals surface area contributed by atoms with E-state index in [1.54, 1.807) is 0 Å². The molecule has 0 radical (unpaired) electrons. The van der Waals surface area contributed by atoms with E-state index >= 15 is 0 Å². The minimum Gasteiger partial charge on any atom is -0.462 e. The molecule has 540 valence electrons. The van der Waals surface area contributed by atoms with Gasteiger partial charge in [0.25, 0.3) is 0 Å². The van der Waals surface area contributed by atoms with Gasteiger partial charge in [0.1, 0.15) is 19.3 Å². The third-order valence-electron chi connectivity index (χ3n) is 16.6. The summed E-state index contributed by atoms with van der Waals surface area (Å²) in [6.07, 6.45) is 47.5. The fourth-order valence-corrected chi connectivity index (χ4v) is 12.5. The lowest BCUT2D eigenvalue weighted by Gasteiger charge is -2.21. The fourth-order valence-electron chi connectivity index (χ4n) is 10.9. The number of carbonyl (C=O) groups is 4. The van der Waals surface area contributed by atoms with E-state index in [0.29, 0.717) is 31.6 Å². The van der Waals surface area contributed by atoms with E-state index < -0.39 is 97.5 Å². The van der Waals surface area contributed by atoms with Crippen LogP contribution < -0.4 is 0 Å². The van der Waals surface area contributed by atoms with E-state index in [0.717, 1.165) is 108 Å². The van der Waals surface area contributed by atoms with Crippen molar-refractivity contribution in [1.82, 2.24) is 0 Å². The highest BCUT2D eigenvalue weighted by Gasteiger charge is 2.30. The Morgan fingerprint density at radius 3 is 0.747 bits per heavy atom. The van der Waals surface area contributed by atoms with Gasteiger partial charge in [0.05, 0.1) is 26.4 Å². The smallest absolute Gasteiger partial charge is 0.462 e. The van der Waals surface area contributed by atoms with Crippen LogP contribution in [0.15, 0.2) is 0 Å². The van der Waals surface area contributed by atoms with Gasteiger partial charge in [-0.05, 0) is 43.4 Å². The Morgan fingerprint density at radius 2 is 0.505 bits per heavy atom. The molecule has 0 spiro atoms. The molecule has 19 heteroatoms. The summed E-state index contributed by atoms with van der Waals surface area (Å²) >= 11 is 0. The van der Waals surface area contributed by atoms with Gasteiger partial charge >= 0.3 is 39.5 Å². The van der Waals surface area contributed by atoms with Crippen LogP contribution in [0.3, 0.4) is 0 Å². The first kappa shape index (κ1) is 89.1. The second kappa shape index (κ2) is 62.8. The third-order valence-corrected chi connectivity index (χ3v) is 18.5. The normalized spacial score (nSPS) is 14.2. The molecule has 0 saturated carbocycles. The molecule has 0 aromatic rings. The summed E-state index contributed by atoms with van der Waals surface area (Å²) in [7, 11) is -9.90. The average molecular weight is 1340 g/mol. The minimum atomic E-state index is -4.95. The van der Waals surface area contributed by atoms with Crippen LogP contribution >= 0.6 is 15.6 Å². The van der Waals surface area contributed by atoms with Gasteiger partial charge in [-0.3, -0.25) is 37.3 Å². The highest BCUT2D eigenvalue weighted by Crippen LogP contribution is 2.45.